The molecule has 1 aliphatic rings. The molecule has 11 nitrogen and oxygen atoms in total. The van der Waals surface area contributed by atoms with Crippen LogP contribution in [0, 0.1) is 0 Å². The van der Waals surface area contributed by atoms with Crippen LogP contribution in [0.4, 0.5) is 13.2 Å². The predicted octanol–water partition coefficient (Wildman–Crippen LogP) is 6.13. The Hall–Kier alpha value is -5.86. The van der Waals surface area contributed by atoms with Crippen molar-refractivity contribution in [2.24, 2.45) is 0 Å². The quantitative estimate of drug-likeness (QED) is 0.196. The average molecular weight is 684 g/mol. The Labute approximate surface area is 282 Å². The fraction of sp³-hybridized carbons (Fsp3) is 0.194. The molecule has 0 bridgehead atoms. The minimum absolute atomic E-state index is 0. The van der Waals surface area contributed by atoms with Gasteiger partial charge in [0.15, 0.2) is 0 Å². The Morgan fingerprint density at radius 2 is 1.42 bits per heavy atom. The van der Waals surface area contributed by atoms with Gasteiger partial charge < -0.3 is 20.6 Å². The number of aromatic amines is 2. The molecule has 50 heavy (non-hydrogen) atoms. The summed E-state index contributed by atoms with van der Waals surface area (Å²) in [6.45, 7) is 2.78. The molecule has 1 fully saturated rings. The van der Waals surface area contributed by atoms with Crippen LogP contribution in [-0.2, 0) is 11.3 Å². The molecule has 7 aromatic rings. The Kier molecular flexibility index (Phi) is 9.48. The number of aromatic nitrogens is 6. The molecule has 5 N–H and O–H groups in total. The third-order valence-electron chi connectivity index (χ3n) is 8.67. The number of benzene rings is 4. The Morgan fingerprint density at radius 1 is 0.820 bits per heavy atom. The summed E-state index contributed by atoms with van der Waals surface area (Å²) in [5.74, 6) is -2.76. The topological polar surface area (TPSA) is 164 Å². The van der Waals surface area contributed by atoms with E-state index in [9.17, 15) is 18.0 Å². The predicted molar refractivity (Wildman–Crippen MR) is 183 cm³/mol. The van der Waals surface area contributed by atoms with Gasteiger partial charge in [-0.15, -0.1) is 0 Å². The molecular formula is C36H32F3N7O4. The molecule has 0 radical (unpaired) electrons. The molecule has 14 heteroatoms. The van der Waals surface area contributed by atoms with Crippen molar-refractivity contribution in [3.63, 3.8) is 0 Å². The van der Waals surface area contributed by atoms with E-state index in [4.69, 9.17) is 19.9 Å². The monoisotopic (exact) mass is 683 g/mol. The molecule has 4 heterocycles. The largest absolute Gasteiger partial charge is 0.490 e. The number of nitrogens with one attached hydrogen (secondary N) is 2. The highest BCUT2D eigenvalue weighted by molar-refractivity contribution is 5.94. The molecule has 4 aromatic carbocycles. The van der Waals surface area contributed by atoms with E-state index in [0.29, 0.717) is 0 Å². The maximum atomic E-state index is 12.7. The van der Waals surface area contributed by atoms with Gasteiger partial charge in [-0.05, 0) is 42.7 Å². The maximum Gasteiger partial charge on any atom is 0.490 e. The highest BCUT2D eigenvalue weighted by Gasteiger charge is 2.38. The van der Waals surface area contributed by atoms with Crippen LogP contribution in [0.25, 0.3) is 55.6 Å². The van der Waals surface area contributed by atoms with E-state index >= 15 is 0 Å². The van der Waals surface area contributed by atoms with Gasteiger partial charge >= 0.3 is 17.8 Å². The van der Waals surface area contributed by atoms with Gasteiger partial charge in [0, 0.05) is 36.8 Å². The number of alkyl halides is 3. The zero-order chi connectivity index (χ0) is 34.1. The van der Waals surface area contributed by atoms with E-state index in [1.807, 2.05) is 59.2 Å². The fourth-order valence-corrected chi connectivity index (χ4v) is 6.28. The number of halogens is 3. The molecule has 0 aliphatic carbocycles. The lowest BCUT2D eigenvalue weighted by atomic mass is 10.0. The molecule has 1 aliphatic heterocycles. The minimum Gasteiger partial charge on any atom is -0.475 e. The molecular weight excluding hydrogens is 651 g/mol. The smallest absolute Gasteiger partial charge is 0.475 e. The van der Waals surface area contributed by atoms with Gasteiger partial charge in [-0.2, -0.15) is 13.2 Å². The van der Waals surface area contributed by atoms with Crippen LogP contribution in [0.15, 0.2) is 102 Å². The van der Waals surface area contributed by atoms with Crippen molar-refractivity contribution in [2.75, 3.05) is 13.1 Å². The first-order valence-corrected chi connectivity index (χ1v) is 15.7. The number of carboxylic acids is 1. The van der Waals surface area contributed by atoms with Crippen molar-refractivity contribution in [1.82, 2.24) is 34.4 Å². The number of hydrogen-bond donors (Lipinski definition) is 3. The molecule has 3 aromatic heterocycles. The van der Waals surface area contributed by atoms with Gasteiger partial charge in [-0.25, -0.2) is 24.5 Å². The number of fused-ring (bicyclic) bond motifs is 3. The fourth-order valence-electron chi connectivity index (χ4n) is 6.28. The SMILES string of the molecule is O.O=C(O)C(F)(F)F.O=c1[nH]c2ccccc2n1C1CCN(Cc2ccc(-c3nc4cc5[nH]cnc5cc4nc3-c3ccccc3)cc2)CC1. The number of para-hydroxylation sites is 2. The lowest BCUT2D eigenvalue weighted by molar-refractivity contribution is -0.192. The summed E-state index contributed by atoms with van der Waals surface area (Å²) in [4.78, 5) is 44.8. The molecule has 256 valence electrons. The molecule has 1 saturated heterocycles. The van der Waals surface area contributed by atoms with E-state index in [1.54, 1.807) is 6.33 Å². The number of carbonyl (C=O) groups is 1. The average Bonchev–Trinajstić information content (AvgIpc) is 3.70. The number of aliphatic carboxylic acids is 1. The van der Waals surface area contributed by atoms with Crippen molar-refractivity contribution in [1.29, 1.82) is 0 Å². The number of hydrogen-bond acceptors (Lipinski definition) is 6. The Bertz CT molecular complexity index is 2330. The van der Waals surface area contributed by atoms with Crippen LogP contribution >= 0.6 is 0 Å². The van der Waals surface area contributed by atoms with Crippen molar-refractivity contribution in [2.45, 2.75) is 31.6 Å². The van der Waals surface area contributed by atoms with Crippen molar-refractivity contribution < 1.29 is 28.5 Å². The number of rotatable bonds is 5. The summed E-state index contributed by atoms with van der Waals surface area (Å²) < 4.78 is 33.7. The molecule has 0 atom stereocenters. The van der Waals surface area contributed by atoms with Crippen LogP contribution in [0.1, 0.15) is 24.4 Å². The first kappa shape index (κ1) is 34.0. The summed E-state index contributed by atoms with van der Waals surface area (Å²) in [5.41, 5.74) is 10.4. The Morgan fingerprint density at radius 3 is 2.08 bits per heavy atom. The molecule has 0 unspecified atom stereocenters. The number of carboxylic acid groups (broad SMARTS) is 1. The number of piperidine rings is 1. The third kappa shape index (κ3) is 6.97. The van der Waals surface area contributed by atoms with E-state index < -0.39 is 12.1 Å². The minimum atomic E-state index is -5.08. The van der Waals surface area contributed by atoms with Crippen LogP contribution < -0.4 is 5.69 Å². The van der Waals surface area contributed by atoms with Crippen molar-refractivity contribution in [3.05, 3.63) is 113 Å². The van der Waals surface area contributed by atoms with E-state index in [2.05, 4.69) is 56.3 Å². The molecule has 0 amide bonds. The highest BCUT2D eigenvalue weighted by atomic mass is 19.4. The first-order chi connectivity index (χ1) is 23.6. The standard InChI is InChI=1S/C34H29N7O.C2HF3O2.H2O/c42-34-39-26-8-4-5-9-31(26)41(34)25-14-16-40(17-15-25)20-22-10-12-24(13-11-22)33-32(23-6-2-1-3-7-23)37-29-18-27-28(36-21-35-27)19-30(29)38-33;3-2(4,5)1(6)7;/h1-13,18-19,21,25H,14-17,20H2,(H,35,36)(H,39,42);(H,6,7);1H2. The highest BCUT2D eigenvalue weighted by Crippen LogP contribution is 2.33. The van der Waals surface area contributed by atoms with Crippen LogP contribution in [0.5, 0.6) is 0 Å². The number of H-pyrrole nitrogens is 2. The number of imidazole rings is 2. The second-order valence-electron chi connectivity index (χ2n) is 11.9. The number of nitrogens with zero attached hydrogens (tertiary/aromatic N) is 5. The molecule has 0 spiro atoms. The van der Waals surface area contributed by atoms with Crippen molar-refractivity contribution in [3.8, 4) is 22.5 Å². The second-order valence-corrected chi connectivity index (χ2v) is 11.9. The van der Waals surface area contributed by atoms with Crippen LogP contribution in [0.2, 0.25) is 0 Å². The summed E-state index contributed by atoms with van der Waals surface area (Å²) in [5, 5.41) is 7.12. The summed E-state index contributed by atoms with van der Waals surface area (Å²) in [6.07, 6.45) is -1.47. The second kappa shape index (κ2) is 13.9. The van der Waals surface area contributed by atoms with Gasteiger partial charge in [0.05, 0.1) is 50.8 Å². The maximum absolute atomic E-state index is 12.7. The summed E-state index contributed by atoms with van der Waals surface area (Å²) >= 11 is 0. The first-order valence-electron chi connectivity index (χ1n) is 15.7. The van der Waals surface area contributed by atoms with Gasteiger partial charge in [-0.3, -0.25) is 9.47 Å². The van der Waals surface area contributed by atoms with Gasteiger partial charge in [0.1, 0.15) is 0 Å². The normalized spacial score (nSPS) is 14.0. The van der Waals surface area contributed by atoms with E-state index in [0.717, 1.165) is 88.1 Å². The summed E-state index contributed by atoms with van der Waals surface area (Å²) in [6, 6.07) is 31.1. The Balaban J connectivity index is 0.000000492. The van der Waals surface area contributed by atoms with Gasteiger partial charge in [-0.1, -0.05) is 66.7 Å². The van der Waals surface area contributed by atoms with E-state index in [1.165, 1.54) is 5.56 Å². The lowest BCUT2D eigenvalue weighted by Crippen LogP contribution is -2.36. The third-order valence-corrected chi connectivity index (χ3v) is 8.67. The van der Waals surface area contributed by atoms with Gasteiger partial charge in [0.25, 0.3) is 0 Å². The summed E-state index contributed by atoms with van der Waals surface area (Å²) in [7, 11) is 0. The van der Waals surface area contributed by atoms with E-state index in [-0.39, 0.29) is 17.2 Å². The lowest BCUT2D eigenvalue weighted by Gasteiger charge is -2.32. The van der Waals surface area contributed by atoms with Crippen molar-refractivity contribution >= 4 is 39.1 Å². The molecule has 0 saturated carbocycles. The zero-order valence-corrected chi connectivity index (χ0v) is 26.5. The molecule has 8 rings (SSSR count). The zero-order valence-electron chi connectivity index (χ0n) is 26.5. The van der Waals surface area contributed by atoms with Crippen LogP contribution in [0.3, 0.4) is 0 Å². The van der Waals surface area contributed by atoms with Crippen LogP contribution in [-0.4, -0.2) is 70.2 Å². The van der Waals surface area contributed by atoms with Gasteiger partial charge in [0.2, 0.25) is 0 Å². The number of likely N-dealkylation sites (tertiary alicyclic amines) is 1.